The molecule has 0 saturated carbocycles. The van der Waals surface area contributed by atoms with E-state index in [1.807, 2.05) is 0 Å². The molecule has 0 aromatic heterocycles. The number of likely N-dealkylation sites (tertiary alicyclic amines) is 1. The van der Waals surface area contributed by atoms with Crippen LogP contribution in [0.25, 0.3) is 0 Å². The monoisotopic (exact) mass is 302 g/mol. The molecule has 0 bridgehead atoms. The number of carboxylic acids is 1. The van der Waals surface area contributed by atoms with Crippen LogP contribution in [-0.4, -0.2) is 34.6 Å². The Hall–Kier alpha value is -1.60. The predicted molar refractivity (Wildman–Crippen MR) is 70.5 cm³/mol. The minimum atomic E-state index is -4.38. The highest BCUT2D eigenvalue weighted by molar-refractivity contribution is 5.78. The summed E-state index contributed by atoms with van der Waals surface area (Å²) in [5, 5.41) is 9.03. The summed E-state index contributed by atoms with van der Waals surface area (Å²) in [7, 11) is 0. The molecule has 7 heteroatoms. The molecule has 1 aliphatic heterocycles. The number of halogens is 3. The third kappa shape index (κ3) is 3.54. The van der Waals surface area contributed by atoms with Crippen LogP contribution in [0.5, 0.6) is 0 Å². The van der Waals surface area contributed by atoms with Gasteiger partial charge in [0.25, 0.3) is 0 Å². The van der Waals surface area contributed by atoms with E-state index in [-0.39, 0.29) is 24.9 Å². The van der Waals surface area contributed by atoms with Crippen molar-refractivity contribution >= 4 is 5.97 Å². The molecule has 0 spiro atoms. The first kappa shape index (κ1) is 15.8. The van der Waals surface area contributed by atoms with Crippen LogP contribution in [0.1, 0.15) is 24.0 Å². The Bertz CT molecular complexity index is 523. The second-order valence-electron chi connectivity index (χ2n) is 5.39. The summed E-state index contributed by atoms with van der Waals surface area (Å²) in [4.78, 5) is 12.8. The van der Waals surface area contributed by atoms with Crippen LogP contribution in [0, 0.1) is 0 Å². The first-order valence-corrected chi connectivity index (χ1v) is 6.62. The number of benzene rings is 1. The van der Waals surface area contributed by atoms with Crippen molar-refractivity contribution in [2.24, 2.45) is 5.73 Å². The van der Waals surface area contributed by atoms with Gasteiger partial charge in [0.2, 0.25) is 0 Å². The molecule has 0 radical (unpaired) electrons. The molecule has 1 aromatic carbocycles. The Labute approximate surface area is 120 Å². The molecule has 1 saturated heterocycles. The highest BCUT2D eigenvalue weighted by Gasteiger charge is 2.38. The zero-order chi connectivity index (χ0) is 15.7. The lowest BCUT2D eigenvalue weighted by Gasteiger charge is -2.36. The van der Waals surface area contributed by atoms with Gasteiger partial charge in [-0.3, -0.25) is 9.69 Å². The highest BCUT2D eigenvalue weighted by atomic mass is 19.4. The normalized spacial score (nSPS) is 19.4. The van der Waals surface area contributed by atoms with Gasteiger partial charge in [0.15, 0.2) is 0 Å². The average Bonchev–Trinajstić information content (AvgIpc) is 2.41. The summed E-state index contributed by atoms with van der Waals surface area (Å²) in [6.45, 7) is 0.884. The van der Waals surface area contributed by atoms with Gasteiger partial charge in [-0.1, -0.05) is 18.2 Å². The molecule has 3 N–H and O–H groups in total. The van der Waals surface area contributed by atoms with Gasteiger partial charge < -0.3 is 10.8 Å². The summed E-state index contributed by atoms with van der Waals surface area (Å²) in [6.07, 6.45) is -3.92. The van der Waals surface area contributed by atoms with E-state index in [4.69, 9.17) is 10.8 Å². The van der Waals surface area contributed by atoms with Gasteiger partial charge in [-0.25, -0.2) is 0 Å². The molecule has 0 atom stereocenters. The molecule has 1 aromatic rings. The van der Waals surface area contributed by atoms with Crippen LogP contribution in [-0.2, 0) is 17.5 Å². The lowest BCUT2D eigenvalue weighted by Crippen LogP contribution is -2.55. The van der Waals surface area contributed by atoms with E-state index < -0.39 is 23.2 Å². The highest BCUT2D eigenvalue weighted by Crippen LogP contribution is 2.33. The molecule has 1 aliphatic rings. The van der Waals surface area contributed by atoms with Crippen molar-refractivity contribution in [1.29, 1.82) is 0 Å². The fraction of sp³-hybridized carbons (Fsp3) is 0.500. The van der Waals surface area contributed by atoms with Gasteiger partial charge in [-0.2, -0.15) is 13.2 Å². The van der Waals surface area contributed by atoms with E-state index >= 15 is 0 Å². The quantitative estimate of drug-likeness (QED) is 0.897. The summed E-state index contributed by atoms with van der Waals surface area (Å²) in [5.74, 6) is -1.06. The SMILES string of the molecule is NC1(C(=O)O)CCN(Cc2ccccc2C(F)(F)F)CC1. The summed E-state index contributed by atoms with van der Waals surface area (Å²) in [5.41, 5.74) is 4.04. The van der Waals surface area contributed by atoms with Gasteiger partial charge in [0.1, 0.15) is 5.54 Å². The van der Waals surface area contributed by atoms with Crippen molar-refractivity contribution in [2.45, 2.75) is 31.1 Å². The molecule has 2 rings (SSSR count). The van der Waals surface area contributed by atoms with Crippen molar-refractivity contribution in [3.63, 3.8) is 0 Å². The first-order valence-electron chi connectivity index (χ1n) is 6.62. The molecule has 21 heavy (non-hydrogen) atoms. The molecular weight excluding hydrogens is 285 g/mol. The fourth-order valence-corrected chi connectivity index (χ4v) is 2.50. The van der Waals surface area contributed by atoms with E-state index in [1.54, 1.807) is 11.0 Å². The largest absolute Gasteiger partial charge is 0.480 e. The second-order valence-corrected chi connectivity index (χ2v) is 5.39. The van der Waals surface area contributed by atoms with Gasteiger partial charge in [-0.15, -0.1) is 0 Å². The Balaban J connectivity index is 2.07. The van der Waals surface area contributed by atoms with E-state index in [9.17, 15) is 18.0 Å². The number of aliphatic carboxylic acids is 1. The second kappa shape index (κ2) is 5.65. The number of rotatable bonds is 3. The minimum Gasteiger partial charge on any atom is -0.480 e. The number of alkyl halides is 3. The zero-order valence-corrected chi connectivity index (χ0v) is 11.4. The number of piperidine rings is 1. The topological polar surface area (TPSA) is 66.6 Å². The van der Waals surface area contributed by atoms with Crippen molar-refractivity contribution in [3.05, 3.63) is 35.4 Å². The fourth-order valence-electron chi connectivity index (χ4n) is 2.50. The predicted octanol–water partition coefficient (Wildman–Crippen LogP) is 2.08. The number of carboxylic acid groups (broad SMARTS) is 1. The van der Waals surface area contributed by atoms with Crippen LogP contribution in [0.4, 0.5) is 13.2 Å². The van der Waals surface area contributed by atoms with Crippen LogP contribution in [0.3, 0.4) is 0 Å². The smallest absolute Gasteiger partial charge is 0.416 e. The Kier molecular flexibility index (Phi) is 4.25. The lowest BCUT2D eigenvalue weighted by molar-refractivity contribution is -0.145. The molecule has 1 heterocycles. The maximum absolute atomic E-state index is 12.9. The van der Waals surface area contributed by atoms with Crippen LogP contribution < -0.4 is 5.73 Å². The van der Waals surface area contributed by atoms with E-state index in [0.29, 0.717) is 13.1 Å². The third-order valence-electron chi connectivity index (χ3n) is 3.89. The number of nitrogens with two attached hydrogens (primary N) is 1. The van der Waals surface area contributed by atoms with E-state index in [2.05, 4.69) is 0 Å². The van der Waals surface area contributed by atoms with Gasteiger partial charge in [0.05, 0.1) is 5.56 Å². The van der Waals surface area contributed by atoms with Gasteiger partial charge in [0, 0.05) is 19.6 Å². The average molecular weight is 302 g/mol. The lowest BCUT2D eigenvalue weighted by atomic mass is 9.88. The molecular formula is C14H17F3N2O2. The summed E-state index contributed by atoms with van der Waals surface area (Å²) < 4.78 is 38.7. The maximum atomic E-state index is 12.9. The number of hydrogen-bond donors (Lipinski definition) is 2. The van der Waals surface area contributed by atoms with Crippen molar-refractivity contribution in [2.75, 3.05) is 13.1 Å². The maximum Gasteiger partial charge on any atom is 0.416 e. The Morgan fingerprint density at radius 3 is 2.38 bits per heavy atom. The zero-order valence-electron chi connectivity index (χ0n) is 11.4. The van der Waals surface area contributed by atoms with E-state index in [1.165, 1.54) is 12.1 Å². The third-order valence-corrected chi connectivity index (χ3v) is 3.89. The van der Waals surface area contributed by atoms with Gasteiger partial charge >= 0.3 is 12.1 Å². The van der Waals surface area contributed by atoms with Crippen molar-refractivity contribution in [1.82, 2.24) is 4.90 Å². The summed E-state index contributed by atoms with van der Waals surface area (Å²) in [6, 6.07) is 5.44. The molecule has 0 unspecified atom stereocenters. The molecule has 0 amide bonds. The van der Waals surface area contributed by atoms with Crippen molar-refractivity contribution in [3.8, 4) is 0 Å². The van der Waals surface area contributed by atoms with Gasteiger partial charge in [-0.05, 0) is 24.5 Å². The number of carbonyl (C=O) groups is 1. The van der Waals surface area contributed by atoms with Crippen LogP contribution in [0.2, 0.25) is 0 Å². The molecule has 4 nitrogen and oxygen atoms in total. The number of hydrogen-bond acceptors (Lipinski definition) is 3. The Morgan fingerprint density at radius 1 is 1.29 bits per heavy atom. The summed E-state index contributed by atoms with van der Waals surface area (Å²) >= 11 is 0. The standard InChI is InChI=1S/C14H17F3N2O2/c15-14(16,17)11-4-2-1-3-10(11)9-19-7-5-13(18,6-8-19)12(20)21/h1-4H,5-9,18H2,(H,20,21). The van der Waals surface area contributed by atoms with E-state index in [0.717, 1.165) is 6.07 Å². The molecule has 1 fully saturated rings. The molecule has 0 aliphatic carbocycles. The Morgan fingerprint density at radius 2 is 1.86 bits per heavy atom. The molecule has 116 valence electrons. The number of nitrogens with zero attached hydrogens (tertiary/aromatic N) is 1. The van der Waals surface area contributed by atoms with Crippen LogP contribution in [0.15, 0.2) is 24.3 Å². The van der Waals surface area contributed by atoms with Crippen LogP contribution >= 0.6 is 0 Å². The first-order chi connectivity index (χ1) is 9.72. The minimum absolute atomic E-state index is 0.144. The van der Waals surface area contributed by atoms with Crippen molar-refractivity contribution < 1.29 is 23.1 Å².